The molecule has 1 aromatic carbocycles. The molecule has 0 radical (unpaired) electrons. The van der Waals surface area contributed by atoms with Crippen LogP contribution in [0, 0.1) is 5.82 Å². The topological polar surface area (TPSA) is 69.7 Å². The lowest BCUT2D eigenvalue weighted by atomic mass is 10.0. The molecular formula is C23H30FN5O2. The van der Waals surface area contributed by atoms with Crippen LogP contribution in [-0.2, 0) is 6.42 Å². The van der Waals surface area contributed by atoms with Gasteiger partial charge in [0.2, 0.25) is 5.88 Å². The van der Waals surface area contributed by atoms with E-state index in [4.69, 9.17) is 4.74 Å². The van der Waals surface area contributed by atoms with Crippen LogP contribution in [-0.4, -0.2) is 79.7 Å². The number of pyridine rings is 1. The van der Waals surface area contributed by atoms with E-state index in [9.17, 15) is 9.18 Å². The molecule has 0 saturated carbocycles. The largest absolute Gasteiger partial charge is 0.474 e. The number of nitrogens with zero attached hydrogens (tertiary/aromatic N) is 3. The molecule has 0 bridgehead atoms. The van der Waals surface area contributed by atoms with Crippen molar-refractivity contribution in [3.05, 3.63) is 53.0 Å². The number of anilines is 1. The molecule has 1 saturated heterocycles. The Morgan fingerprint density at radius 3 is 2.74 bits per heavy atom. The number of carbonyl (C=O) groups excluding carboxylic acids is 1. The SMILES string of the molecule is C[C@H]1COc2nc(C(=O)NCCN3CCN(C)CC3)c(Cc3ccc(F)cc3)cc2N1. The Balaban J connectivity index is 1.48. The Kier molecular flexibility index (Phi) is 6.67. The van der Waals surface area contributed by atoms with Gasteiger partial charge in [-0.05, 0) is 49.7 Å². The minimum atomic E-state index is -0.280. The summed E-state index contributed by atoms with van der Waals surface area (Å²) in [6.07, 6.45) is 0.484. The monoisotopic (exact) mass is 427 g/mol. The Labute approximate surface area is 182 Å². The average Bonchev–Trinajstić information content (AvgIpc) is 2.76. The molecule has 2 aromatic rings. The maximum absolute atomic E-state index is 13.3. The zero-order chi connectivity index (χ0) is 21.8. The summed E-state index contributed by atoms with van der Waals surface area (Å²) in [5.74, 6) is -0.0421. The van der Waals surface area contributed by atoms with Crippen molar-refractivity contribution in [2.75, 3.05) is 58.2 Å². The van der Waals surface area contributed by atoms with Crippen LogP contribution in [0.15, 0.2) is 30.3 Å². The summed E-state index contributed by atoms with van der Waals surface area (Å²) in [4.78, 5) is 22.2. The Morgan fingerprint density at radius 2 is 2.00 bits per heavy atom. The molecule has 1 fully saturated rings. The molecule has 2 aliphatic heterocycles. The summed E-state index contributed by atoms with van der Waals surface area (Å²) < 4.78 is 19.0. The summed E-state index contributed by atoms with van der Waals surface area (Å²) in [6.45, 7) is 8.02. The van der Waals surface area contributed by atoms with Crippen LogP contribution in [0.1, 0.15) is 28.5 Å². The van der Waals surface area contributed by atoms with Crippen molar-refractivity contribution in [3.63, 3.8) is 0 Å². The minimum Gasteiger partial charge on any atom is -0.474 e. The Hall–Kier alpha value is -2.71. The summed E-state index contributed by atoms with van der Waals surface area (Å²) in [5.41, 5.74) is 2.84. The molecule has 31 heavy (non-hydrogen) atoms. The maximum atomic E-state index is 13.3. The highest BCUT2D eigenvalue weighted by Crippen LogP contribution is 2.30. The molecule has 1 atom stereocenters. The van der Waals surface area contributed by atoms with Crippen LogP contribution in [0.4, 0.5) is 10.1 Å². The number of ether oxygens (including phenoxy) is 1. The van der Waals surface area contributed by atoms with Gasteiger partial charge >= 0.3 is 0 Å². The number of halogens is 1. The van der Waals surface area contributed by atoms with Crippen LogP contribution >= 0.6 is 0 Å². The van der Waals surface area contributed by atoms with Crippen LogP contribution in [0.3, 0.4) is 0 Å². The smallest absolute Gasteiger partial charge is 0.270 e. The second-order valence-electron chi connectivity index (χ2n) is 8.41. The summed E-state index contributed by atoms with van der Waals surface area (Å²) in [5, 5.41) is 6.38. The molecule has 2 N–H and O–H groups in total. The number of rotatable bonds is 6. The number of amides is 1. The van der Waals surface area contributed by atoms with E-state index in [2.05, 4.69) is 32.5 Å². The molecule has 1 amide bonds. The van der Waals surface area contributed by atoms with Gasteiger partial charge in [-0.3, -0.25) is 9.69 Å². The number of piperazine rings is 1. The summed E-state index contributed by atoms with van der Waals surface area (Å²) in [7, 11) is 2.13. The second-order valence-corrected chi connectivity index (χ2v) is 8.41. The van der Waals surface area contributed by atoms with Gasteiger partial charge in [-0.15, -0.1) is 0 Å². The van der Waals surface area contributed by atoms with Gasteiger partial charge in [0.15, 0.2) is 0 Å². The second kappa shape index (κ2) is 9.62. The first-order valence-electron chi connectivity index (χ1n) is 10.8. The molecule has 8 heteroatoms. The van der Waals surface area contributed by atoms with Gasteiger partial charge in [0.1, 0.15) is 18.1 Å². The summed E-state index contributed by atoms with van der Waals surface area (Å²) in [6, 6.07) is 8.42. The third-order valence-electron chi connectivity index (χ3n) is 5.77. The average molecular weight is 428 g/mol. The number of likely N-dealkylation sites (N-methyl/N-ethyl adjacent to an activating group) is 1. The Bertz CT molecular complexity index is 913. The number of hydrogen-bond acceptors (Lipinski definition) is 6. The fourth-order valence-electron chi connectivity index (χ4n) is 3.90. The molecule has 0 unspecified atom stereocenters. The van der Waals surface area contributed by atoms with E-state index in [1.165, 1.54) is 12.1 Å². The van der Waals surface area contributed by atoms with Crippen LogP contribution in [0.5, 0.6) is 5.88 Å². The minimum absolute atomic E-state index is 0.163. The van der Waals surface area contributed by atoms with E-state index >= 15 is 0 Å². The standard InChI is InChI=1S/C23H30FN5O2/c1-16-15-31-23-20(26-16)14-18(13-17-3-5-19(24)6-4-17)21(27-23)22(30)25-7-8-29-11-9-28(2)10-12-29/h3-6,14,16,26H,7-13,15H2,1-2H3,(H,25,30)/t16-/m0/s1. The van der Waals surface area contributed by atoms with Gasteiger partial charge in [-0.2, -0.15) is 0 Å². The zero-order valence-electron chi connectivity index (χ0n) is 18.2. The van der Waals surface area contributed by atoms with Crippen molar-refractivity contribution in [2.24, 2.45) is 0 Å². The molecule has 0 spiro atoms. The number of aromatic nitrogens is 1. The highest BCUT2D eigenvalue weighted by Gasteiger charge is 2.23. The fourth-order valence-corrected chi connectivity index (χ4v) is 3.90. The molecule has 1 aromatic heterocycles. The van der Waals surface area contributed by atoms with Gasteiger partial charge in [-0.25, -0.2) is 9.37 Å². The molecule has 0 aliphatic carbocycles. The lowest BCUT2D eigenvalue weighted by Gasteiger charge is -2.32. The third-order valence-corrected chi connectivity index (χ3v) is 5.77. The molecule has 166 valence electrons. The number of hydrogen-bond donors (Lipinski definition) is 2. The van der Waals surface area contributed by atoms with Gasteiger partial charge < -0.3 is 20.3 Å². The molecule has 2 aliphatic rings. The highest BCUT2D eigenvalue weighted by atomic mass is 19.1. The van der Waals surface area contributed by atoms with Crippen LogP contribution in [0.2, 0.25) is 0 Å². The van der Waals surface area contributed by atoms with Gasteiger partial charge in [0, 0.05) is 39.3 Å². The number of carbonyl (C=O) groups is 1. The summed E-state index contributed by atoms with van der Waals surface area (Å²) >= 11 is 0. The predicted molar refractivity (Wildman–Crippen MR) is 118 cm³/mol. The van der Waals surface area contributed by atoms with Gasteiger partial charge in [-0.1, -0.05) is 12.1 Å². The predicted octanol–water partition coefficient (Wildman–Crippen LogP) is 1.98. The normalized spacial score (nSPS) is 19.3. The maximum Gasteiger partial charge on any atom is 0.270 e. The van der Waals surface area contributed by atoms with E-state index in [1.807, 2.05) is 13.0 Å². The van der Waals surface area contributed by atoms with Crippen molar-refractivity contribution in [3.8, 4) is 5.88 Å². The lowest BCUT2D eigenvalue weighted by molar-refractivity contribution is 0.0934. The Morgan fingerprint density at radius 1 is 1.26 bits per heavy atom. The first-order valence-corrected chi connectivity index (χ1v) is 10.8. The van der Waals surface area contributed by atoms with Crippen LogP contribution < -0.4 is 15.4 Å². The van der Waals surface area contributed by atoms with Crippen molar-refractivity contribution in [2.45, 2.75) is 19.4 Å². The van der Waals surface area contributed by atoms with Gasteiger partial charge in [0.25, 0.3) is 5.91 Å². The quantitative estimate of drug-likeness (QED) is 0.735. The number of nitrogens with one attached hydrogen (secondary N) is 2. The first kappa shape index (κ1) is 21.5. The first-order chi connectivity index (χ1) is 15.0. The molecule has 7 nitrogen and oxygen atoms in total. The molecular weight excluding hydrogens is 397 g/mol. The number of fused-ring (bicyclic) bond motifs is 1. The number of benzene rings is 1. The van der Waals surface area contributed by atoms with Crippen molar-refractivity contribution >= 4 is 11.6 Å². The lowest BCUT2D eigenvalue weighted by Crippen LogP contribution is -2.47. The zero-order valence-corrected chi connectivity index (χ0v) is 18.2. The van der Waals surface area contributed by atoms with Crippen molar-refractivity contribution in [1.29, 1.82) is 0 Å². The molecule has 4 rings (SSSR count). The van der Waals surface area contributed by atoms with Gasteiger partial charge in [0.05, 0.1) is 11.7 Å². The van der Waals surface area contributed by atoms with E-state index in [0.717, 1.165) is 49.5 Å². The third kappa shape index (κ3) is 5.51. The van der Waals surface area contributed by atoms with E-state index in [-0.39, 0.29) is 17.8 Å². The highest BCUT2D eigenvalue weighted by molar-refractivity contribution is 5.94. The van der Waals surface area contributed by atoms with E-state index in [0.29, 0.717) is 31.1 Å². The molecule has 3 heterocycles. The van der Waals surface area contributed by atoms with E-state index < -0.39 is 0 Å². The van der Waals surface area contributed by atoms with Crippen molar-refractivity contribution < 1.29 is 13.9 Å². The fraction of sp³-hybridized carbons (Fsp3) is 0.478. The van der Waals surface area contributed by atoms with Crippen molar-refractivity contribution in [1.82, 2.24) is 20.1 Å². The van der Waals surface area contributed by atoms with Crippen LogP contribution in [0.25, 0.3) is 0 Å². The van der Waals surface area contributed by atoms with E-state index in [1.54, 1.807) is 12.1 Å².